The molecule has 1 saturated heterocycles. The van der Waals surface area contributed by atoms with E-state index in [-0.39, 0.29) is 12.5 Å². The molecule has 0 aromatic carbocycles. The van der Waals surface area contributed by atoms with Crippen LogP contribution in [0.5, 0.6) is 0 Å². The zero-order valence-electron chi connectivity index (χ0n) is 12.4. The van der Waals surface area contributed by atoms with Gasteiger partial charge in [0.25, 0.3) is 0 Å². The number of urea groups is 1. The Morgan fingerprint density at radius 2 is 1.80 bits per heavy atom. The number of hydrogen-bond donors (Lipinski definition) is 2. The van der Waals surface area contributed by atoms with Gasteiger partial charge in [-0.3, -0.25) is 9.69 Å². The average Bonchev–Trinajstić information content (AvgIpc) is 2.35. The van der Waals surface area contributed by atoms with E-state index in [0.717, 1.165) is 32.4 Å². The zero-order valence-corrected chi connectivity index (χ0v) is 12.4. The minimum Gasteiger partial charge on any atom is -0.481 e. The minimum atomic E-state index is -0.838. The molecule has 6 nitrogen and oxygen atoms in total. The number of carbonyl (C=O) groups excluding carboxylic acids is 1. The molecule has 20 heavy (non-hydrogen) atoms. The lowest BCUT2D eigenvalue weighted by Crippen LogP contribution is -2.60. The lowest BCUT2D eigenvalue weighted by atomic mass is 9.74. The predicted molar refractivity (Wildman–Crippen MR) is 75.6 cm³/mol. The smallest absolute Gasteiger partial charge is 0.317 e. The Bertz CT molecular complexity index is 372. The van der Waals surface area contributed by atoms with Crippen molar-refractivity contribution in [3.63, 3.8) is 0 Å². The summed E-state index contributed by atoms with van der Waals surface area (Å²) in [7, 11) is 0. The van der Waals surface area contributed by atoms with Crippen LogP contribution in [0.25, 0.3) is 0 Å². The number of nitrogens with zero attached hydrogens (tertiary/aromatic N) is 2. The summed E-state index contributed by atoms with van der Waals surface area (Å²) >= 11 is 0. The fourth-order valence-corrected chi connectivity index (χ4v) is 2.99. The van der Waals surface area contributed by atoms with Crippen molar-refractivity contribution in [3.8, 4) is 0 Å². The van der Waals surface area contributed by atoms with Gasteiger partial charge < -0.3 is 15.3 Å². The molecule has 2 N–H and O–H groups in total. The van der Waals surface area contributed by atoms with Gasteiger partial charge in [-0.1, -0.05) is 0 Å². The van der Waals surface area contributed by atoms with E-state index >= 15 is 0 Å². The molecule has 2 rings (SSSR count). The topological polar surface area (TPSA) is 72.9 Å². The summed E-state index contributed by atoms with van der Waals surface area (Å²) in [4.78, 5) is 27.3. The number of carboxylic acids is 1. The molecular weight excluding hydrogens is 258 g/mol. The van der Waals surface area contributed by atoms with Crippen LogP contribution in [0.2, 0.25) is 0 Å². The number of amides is 2. The van der Waals surface area contributed by atoms with Crippen LogP contribution in [-0.2, 0) is 4.79 Å². The largest absolute Gasteiger partial charge is 0.481 e. The van der Waals surface area contributed by atoms with E-state index in [9.17, 15) is 9.59 Å². The maximum atomic E-state index is 12.3. The van der Waals surface area contributed by atoms with E-state index < -0.39 is 11.5 Å². The van der Waals surface area contributed by atoms with Crippen molar-refractivity contribution in [2.24, 2.45) is 0 Å². The molecule has 2 fully saturated rings. The minimum absolute atomic E-state index is 0.0324. The molecule has 1 heterocycles. The third-order valence-corrected chi connectivity index (χ3v) is 4.50. The number of hydrogen-bond acceptors (Lipinski definition) is 3. The van der Waals surface area contributed by atoms with Crippen molar-refractivity contribution in [1.29, 1.82) is 0 Å². The van der Waals surface area contributed by atoms with Crippen LogP contribution >= 0.6 is 0 Å². The third kappa shape index (κ3) is 3.42. The summed E-state index contributed by atoms with van der Waals surface area (Å²) in [6.07, 6.45) is 2.58. The molecule has 2 aliphatic rings. The van der Waals surface area contributed by atoms with E-state index in [1.165, 1.54) is 0 Å². The quantitative estimate of drug-likeness (QED) is 0.811. The van der Waals surface area contributed by atoms with Gasteiger partial charge in [-0.05, 0) is 33.1 Å². The molecule has 6 heteroatoms. The third-order valence-electron chi connectivity index (χ3n) is 4.50. The Balaban J connectivity index is 1.84. The fourth-order valence-electron chi connectivity index (χ4n) is 2.99. The normalized spacial score (nSPS) is 22.4. The van der Waals surface area contributed by atoms with Crippen LogP contribution in [0.3, 0.4) is 0 Å². The first-order valence-electron chi connectivity index (χ1n) is 7.45. The number of nitrogens with one attached hydrogen (secondary N) is 1. The highest BCUT2D eigenvalue weighted by Crippen LogP contribution is 2.35. The van der Waals surface area contributed by atoms with Crippen molar-refractivity contribution in [2.45, 2.75) is 51.1 Å². The van der Waals surface area contributed by atoms with Crippen LogP contribution in [0.1, 0.15) is 39.5 Å². The van der Waals surface area contributed by atoms with E-state index in [0.29, 0.717) is 19.1 Å². The van der Waals surface area contributed by atoms with Gasteiger partial charge in [0, 0.05) is 32.2 Å². The first-order valence-corrected chi connectivity index (χ1v) is 7.45. The molecule has 0 unspecified atom stereocenters. The highest BCUT2D eigenvalue weighted by molar-refractivity contribution is 5.77. The Morgan fingerprint density at radius 3 is 2.20 bits per heavy atom. The van der Waals surface area contributed by atoms with Gasteiger partial charge in [0.1, 0.15) is 0 Å². The van der Waals surface area contributed by atoms with Crippen LogP contribution in [0, 0.1) is 0 Å². The zero-order chi connectivity index (χ0) is 14.8. The number of rotatable bonds is 4. The second kappa shape index (κ2) is 5.99. The molecule has 1 aliphatic carbocycles. The molecule has 1 aliphatic heterocycles. The molecule has 0 spiro atoms. The average molecular weight is 283 g/mol. The number of carbonyl (C=O) groups is 2. The summed E-state index contributed by atoms with van der Waals surface area (Å²) in [5.74, 6) is -0.838. The molecule has 0 aromatic heterocycles. The fraction of sp³-hybridized carbons (Fsp3) is 0.857. The van der Waals surface area contributed by atoms with Crippen molar-refractivity contribution in [2.75, 3.05) is 26.2 Å². The molecular formula is C14H25N3O3. The second-order valence-corrected chi connectivity index (χ2v) is 6.25. The lowest BCUT2D eigenvalue weighted by Gasteiger charge is -2.44. The van der Waals surface area contributed by atoms with Gasteiger partial charge in [-0.25, -0.2) is 4.79 Å². The van der Waals surface area contributed by atoms with Crippen molar-refractivity contribution < 1.29 is 14.7 Å². The first kappa shape index (κ1) is 15.1. The van der Waals surface area contributed by atoms with Crippen molar-refractivity contribution in [1.82, 2.24) is 15.1 Å². The Morgan fingerprint density at radius 1 is 1.20 bits per heavy atom. The highest BCUT2D eigenvalue weighted by atomic mass is 16.4. The molecule has 0 bridgehead atoms. The van der Waals surface area contributed by atoms with Crippen LogP contribution < -0.4 is 5.32 Å². The predicted octanol–water partition coefficient (Wildman–Crippen LogP) is 1.12. The number of carboxylic acid groups (broad SMARTS) is 1. The lowest BCUT2D eigenvalue weighted by molar-refractivity contribution is -0.139. The van der Waals surface area contributed by atoms with Crippen molar-refractivity contribution in [3.05, 3.63) is 0 Å². The van der Waals surface area contributed by atoms with E-state index in [4.69, 9.17) is 5.11 Å². The van der Waals surface area contributed by atoms with Crippen LogP contribution in [0.15, 0.2) is 0 Å². The van der Waals surface area contributed by atoms with Gasteiger partial charge >= 0.3 is 12.0 Å². The summed E-state index contributed by atoms with van der Waals surface area (Å²) in [6, 6.07) is 0.402. The summed E-state index contributed by atoms with van der Waals surface area (Å²) in [6.45, 7) is 7.52. The monoisotopic (exact) mass is 283 g/mol. The number of aliphatic carboxylic acids is 1. The molecule has 0 atom stereocenters. The first-order chi connectivity index (χ1) is 9.42. The van der Waals surface area contributed by atoms with Gasteiger partial charge in [0.15, 0.2) is 0 Å². The maximum Gasteiger partial charge on any atom is 0.317 e. The van der Waals surface area contributed by atoms with E-state index in [1.54, 1.807) is 4.90 Å². The van der Waals surface area contributed by atoms with Gasteiger partial charge in [0.2, 0.25) is 0 Å². The van der Waals surface area contributed by atoms with Crippen LogP contribution in [0.4, 0.5) is 4.79 Å². The Kier molecular flexibility index (Phi) is 4.52. The summed E-state index contributed by atoms with van der Waals surface area (Å²) in [5, 5.41) is 11.9. The SMILES string of the molecule is CC(C)N1CCN(C(=O)NC2(CC(=O)O)CCC2)CC1. The second-order valence-electron chi connectivity index (χ2n) is 6.25. The van der Waals surface area contributed by atoms with Crippen molar-refractivity contribution >= 4 is 12.0 Å². The van der Waals surface area contributed by atoms with Gasteiger partial charge in [0.05, 0.1) is 12.0 Å². The standard InChI is InChI=1S/C14H25N3O3/c1-11(2)16-6-8-17(9-7-16)13(20)15-14(4-3-5-14)10-12(18)19/h11H,3-10H2,1-2H3,(H,15,20)(H,18,19). The van der Waals surface area contributed by atoms with Crippen LogP contribution in [-0.4, -0.2) is 64.7 Å². The molecule has 0 radical (unpaired) electrons. The summed E-state index contributed by atoms with van der Waals surface area (Å²) < 4.78 is 0. The maximum absolute atomic E-state index is 12.3. The van der Waals surface area contributed by atoms with Gasteiger partial charge in [-0.15, -0.1) is 0 Å². The van der Waals surface area contributed by atoms with Gasteiger partial charge in [-0.2, -0.15) is 0 Å². The highest BCUT2D eigenvalue weighted by Gasteiger charge is 2.41. The Hall–Kier alpha value is -1.30. The van der Waals surface area contributed by atoms with E-state index in [1.807, 2.05) is 0 Å². The Labute approximate surface area is 120 Å². The molecule has 0 aromatic rings. The molecule has 114 valence electrons. The summed E-state index contributed by atoms with van der Waals surface area (Å²) in [5.41, 5.74) is -0.502. The molecule has 1 saturated carbocycles. The number of piperazine rings is 1. The van der Waals surface area contributed by atoms with E-state index in [2.05, 4.69) is 24.1 Å². The molecule has 2 amide bonds.